The first-order chi connectivity index (χ1) is 12.2. The molecule has 1 N–H and O–H groups in total. The van der Waals surface area contributed by atoms with Crippen molar-refractivity contribution < 1.29 is 9.59 Å². The lowest BCUT2D eigenvalue weighted by atomic mass is 10.1. The number of para-hydroxylation sites is 1. The molecule has 2 aromatic carbocycles. The van der Waals surface area contributed by atoms with Gasteiger partial charge in [-0.2, -0.15) is 5.10 Å². The summed E-state index contributed by atoms with van der Waals surface area (Å²) in [5, 5.41) is 4.14. The Hall–Kier alpha value is -2.51. The molecular weight excluding hydrogens is 354 g/mol. The highest BCUT2D eigenvalue weighted by molar-refractivity contribution is 8.01. The lowest BCUT2D eigenvalue weighted by Gasteiger charge is -2.01. The first kappa shape index (κ1) is 16.0. The zero-order valence-electron chi connectivity index (χ0n) is 13.1. The molecule has 0 spiro atoms. The van der Waals surface area contributed by atoms with Crippen LogP contribution in [0.2, 0.25) is 0 Å². The van der Waals surface area contributed by atoms with E-state index in [4.69, 9.17) is 0 Å². The van der Waals surface area contributed by atoms with E-state index < -0.39 is 0 Å². The van der Waals surface area contributed by atoms with Gasteiger partial charge in [0.25, 0.3) is 5.91 Å². The summed E-state index contributed by atoms with van der Waals surface area (Å²) in [5.74, 6) is 0.0488. The molecular formula is C18H13N3O2S2. The molecule has 7 heteroatoms. The first-order valence-corrected chi connectivity index (χ1v) is 9.47. The van der Waals surface area contributed by atoms with Crippen molar-refractivity contribution in [1.82, 2.24) is 10.4 Å². The van der Waals surface area contributed by atoms with E-state index in [0.717, 1.165) is 20.1 Å². The van der Waals surface area contributed by atoms with Gasteiger partial charge in [-0.25, -0.2) is 10.4 Å². The Morgan fingerprint density at radius 2 is 1.92 bits per heavy atom. The first-order valence-electron chi connectivity index (χ1n) is 7.67. The van der Waals surface area contributed by atoms with Gasteiger partial charge in [0, 0.05) is 11.1 Å². The second-order valence-electron chi connectivity index (χ2n) is 5.48. The van der Waals surface area contributed by atoms with E-state index in [1.165, 1.54) is 11.8 Å². The van der Waals surface area contributed by atoms with Crippen molar-refractivity contribution in [2.75, 3.05) is 5.75 Å². The van der Waals surface area contributed by atoms with E-state index in [0.29, 0.717) is 11.3 Å². The van der Waals surface area contributed by atoms with Crippen LogP contribution >= 0.6 is 23.1 Å². The minimum Gasteiger partial charge on any atom is -0.294 e. The Morgan fingerprint density at radius 1 is 1.16 bits per heavy atom. The molecule has 1 heterocycles. The van der Waals surface area contributed by atoms with Crippen molar-refractivity contribution in [2.24, 2.45) is 5.10 Å². The van der Waals surface area contributed by atoms with Crippen LogP contribution in [0.25, 0.3) is 10.2 Å². The number of hydrogen-bond donors (Lipinski definition) is 1. The third-order valence-electron chi connectivity index (χ3n) is 3.78. The number of carbonyl (C=O) groups excluding carboxylic acids is 2. The Labute approximate surface area is 152 Å². The standard InChI is InChI=1S/C18H13N3O2S2/c22-15-9-14(11-5-1-2-6-12(11)15)20-21-17(23)10-24-18-19-13-7-3-4-8-16(13)25-18/h1-8H,9-10H2,(H,21,23)/b20-14+. The summed E-state index contributed by atoms with van der Waals surface area (Å²) < 4.78 is 1.96. The van der Waals surface area contributed by atoms with Crippen molar-refractivity contribution in [1.29, 1.82) is 0 Å². The average Bonchev–Trinajstić information content (AvgIpc) is 3.19. The maximum absolute atomic E-state index is 12.0. The molecule has 0 atom stereocenters. The number of hydrogen-bond acceptors (Lipinski definition) is 6. The van der Waals surface area contributed by atoms with E-state index in [2.05, 4.69) is 15.5 Å². The van der Waals surface area contributed by atoms with Crippen LogP contribution in [0.15, 0.2) is 58.0 Å². The van der Waals surface area contributed by atoms with E-state index in [1.54, 1.807) is 17.4 Å². The number of nitrogens with one attached hydrogen (secondary N) is 1. The van der Waals surface area contributed by atoms with Crippen LogP contribution in [0, 0.1) is 0 Å². The summed E-state index contributed by atoms with van der Waals surface area (Å²) in [6.07, 6.45) is 0.227. The molecule has 0 radical (unpaired) electrons. The van der Waals surface area contributed by atoms with E-state index in [-0.39, 0.29) is 23.9 Å². The SMILES string of the molecule is O=C(CSc1nc2ccccc2s1)N/N=C1\CC(=O)c2ccccc21. The Balaban J connectivity index is 1.39. The molecule has 3 aromatic rings. The number of thiazole rings is 1. The number of fused-ring (bicyclic) bond motifs is 2. The lowest BCUT2D eigenvalue weighted by Crippen LogP contribution is -2.21. The molecule has 124 valence electrons. The third-order valence-corrected chi connectivity index (χ3v) is 5.96. The van der Waals surface area contributed by atoms with E-state index in [9.17, 15) is 9.59 Å². The molecule has 1 aromatic heterocycles. The molecule has 0 fully saturated rings. The smallest absolute Gasteiger partial charge is 0.250 e. The highest BCUT2D eigenvalue weighted by Crippen LogP contribution is 2.29. The van der Waals surface area contributed by atoms with Crippen LogP contribution in [0.3, 0.4) is 0 Å². The molecule has 0 aliphatic heterocycles. The summed E-state index contributed by atoms with van der Waals surface area (Å²) in [6.45, 7) is 0. The van der Waals surface area contributed by atoms with Crippen molar-refractivity contribution in [3.8, 4) is 0 Å². The Bertz CT molecular complexity index is 977. The van der Waals surface area contributed by atoms with Gasteiger partial charge in [0.2, 0.25) is 0 Å². The summed E-state index contributed by atoms with van der Waals surface area (Å²) in [6, 6.07) is 15.2. The fourth-order valence-corrected chi connectivity index (χ4v) is 4.48. The number of ketones is 1. The highest BCUT2D eigenvalue weighted by atomic mass is 32.2. The lowest BCUT2D eigenvalue weighted by molar-refractivity contribution is -0.118. The van der Waals surface area contributed by atoms with Gasteiger partial charge >= 0.3 is 0 Å². The molecule has 0 saturated carbocycles. The topological polar surface area (TPSA) is 71.4 Å². The summed E-state index contributed by atoms with van der Waals surface area (Å²) >= 11 is 2.95. The number of nitrogens with zero attached hydrogens (tertiary/aromatic N) is 2. The van der Waals surface area contributed by atoms with Crippen molar-refractivity contribution in [3.05, 3.63) is 59.7 Å². The molecule has 1 amide bonds. The maximum Gasteiger partial charge on any atom is 0.250 e. The van der Waals surface area contributed by atoms with Gasteiger partial charge in [0.15, 0.2) is 10.1 Å². The Morgan fingerprint density at radius 3 is 2.76 bits per heavy atom. The van der Waals surface area contributed by atoms with Gasteiger partial charge < -0.3 is 0 Å². The number of carbonyl (C=O) groups is 2. The van der Waals surface area contributed by atoms with E-state index >= 15 is 0 Å². The predicted molar refractivity (Wildman–Crippen MR) is 100 cm³/mol. The number of thioether (sulfide) groups is 1. The van der Waals surface area contributed by atoms with Crippen molar-refractivity contribution in [2.45, 2.75) is 10.8 Å². The second-order valence-corrected chi connectivity index (χ2v) is 7.73. The fourth-order valence-electron chi connectivity index (χ4n) is 2.62. The number of rotatable bonds is 4. The zero-order valence-corrected chi connectivity index (χ0v) is 14.7. The quantitative estimate of drug-likeness (QED) is 0.566. The van der Waals surface area contributed by atoms with Gasteiger partial charge in [-0.15, -0.1) is 11.3 Å². The van der Waals surface area contributed by atoms with Crippen LogP contribution < -0.4 is 5.43 Å². The number of Topliss-reactive ketones (excluding diaryl/α,β-unsaturated/α-hetero) is 1. The van der Waals surface area contributed by atoms with Gasteiger partial charge in [0.05, 0.1) is 28.1 Å². The van der Waals surface area contributed by atoms with Crippen LogP contribution in [0.1, 0.15) is 22.3 Å². The molecule has 1 aliphatic rings. The van der Waals surface area contributed by atoms with E-state index in [1.807, 2.05) is 42.5 Å². The number of hydrazone groups is 1. The number of amides is 1. The van der Waals surface area contributed by atoms with Gasteiger partial charge in [-0.3, -0.25) is 9.59 Å². The second kappa shape index (κ2) is 6.78. The van der Waals surface area contributed by atoms with Gasteiger partial charge in [0.1, 0.15) is 0 Å². The van der Waals surface area contributed by atoms with Gasteiger partial charge in [-0.05, 0) is 12.1 Å². The normalized spacial score (nSPS) is 14.9. The molecule has 0 bridgehead atoms. The molecule has 1 aliphatic carbocycles. The maximum atomic E-state index is 12.0. The zero-order chi connectivity index (χ0) is 17.2. The highest BCUT2D eigenvalue weighted by Gasteiger charge is 2.25. The van der Waals surface area contributed by atoms with Gasteiger partial charge in [-0.1, -0.05) is 48.2 Å². The Kier molecular flexibility index (Phi) is 4.33. The summed E-state index contributed by atoms with van der Waals surface area (Å²) in [4.78, 5) is 28.4. The van der Waals surface area contributed by atoms with Crippen LogP contribution in [-0.2, 0) is 4.79 Å². The third kappa shape index (κ3) is 3.33. The average molecular weight is 367 g/mol. The van der Waals surface area contributed by atoms with Crippen molar-refractivity contribution >= 4 is 50.7 Å². The molecule has 4 rings (SSSR count). The van der Waals surface area contributed by atoms with Crippen LogP contribution in [0.4, 0.5) is 0 Å². The fraction of sp³-hybridized carbons (Fsp3) is 0.111. The molecule has 25 heavy (non-hydrogen) atoms. The predicted octanol–water partition coefficient (Wildman–Crippen LogP) is 3.50. The number of benzene rings is 2. The van der Waals surface area contributed by atoms with Crippen LogP contribution in [0.5, 0.6) is 0 Å². The van der Waals surface area contributed by atoms with Crippen LogP contribution in [-0.4, -0.2) is 28.1 Å². The largest absolute Gasteiger partial charge is 0.294 e. The summed E-state index contributed by atoms with van der Waals surface area (Å²) in [7, 11) is 0. The molecule has 0 unspecified atom stereocenters. The molecule has 5 nitrogen and oxygen atoms in total. The molecule has 0 saturated heterocycles. The minimum atomic E-state index is -0.214. The van der Waals surface area contributed by atoms with Crippen molar-refractivity contribution in [3.63, 3.8) is 0 Å². The minimum absolute atomic E-state index is 0.0347. The monoisotopic (exact) mass is 367 g/mol. The summed E-state index contributed by atoms with van der Waals surface area (Å²) in [5.41, 5.74) is 5.56. The number of aromatic nitrogens is 1.